The first-order valence-corrected chi connectivity index (χ1v) is 7.34. The number of hydrogen-bond donors (Lipinski definition) is 2. The van der Waals surface area contributed by atoms with Crippen LogP contribution in [0.5, 0.6) is 0 Å². The highest BCUT2D eigenvalue weighted by Crippen LogP contribution is 2.20. The summed E-state index contributed by atoms with van der Waals surface area (Å²) in [6, 6.07) is 1.92. The summed E-state index contributed by atoms with van der Waals surface area (Å²) >= 11 is 1.58. The van der Waals surface area contributed by atoms with Crippen molar-refractivity contribution in [3.63, 3.8) is 0 Å². The van der Waals surface area contributed by atoms with Crippen molar-refractivity contribution in [1.29, 1.82) is 0 Å². The third-order valence-corrected chi connectivity index (χ3v) is 3.99. The van der Waals surface area contributed by atoms with Gasteiger partial charge in [0.2, 0.25) is 5.91 Å². The minimum Gasteiger partial charge on any atom is -0.388 e. The normalized spacial score (nSPS) is 20.6. The van der Waals surface area contributed by atoms with Gasteiger partial charge in [-0.1, -0.05) is 12.2 Å². The van der Waals surface area contributed by atoms with E-state index in [-0.39, 0.29) is 11.8 Å². The van der Waals surface area contributed by atoms with Gasteiger partial charge in [0.05, 0.1) is 6.10 Å². The lowest BCUT2D eigenvalue weighted by Gasteiger charge is -2.17. The van der Waals surface area contributed by atoms with E-state index in [4.69, 9.17) is 0 Å². The maximum absolute atomic E-state index is 11.8. The van der Waals surface area contributed by atoms with Gasteiger partial charge in [-0.2, -0.15) is 11.3 Å². The zero-order valence-corrected chi connectivity index (χ0v) is 11.2. The molecule has 1 aliphatic rings. The predicted octanol–water partition coefficient (Wildman–Crippen LogP) is 2.64. The number of aliphatic hydroxyl groups is 1. The lowest BCUT2D eigenvalue weighted by atomic mass is 9.93. The van der Waals surface area contributed by atoms with Gasteiger partial charge in [-0.05, 0) is 48.1 Å². The molecule has 2 unspecified atom stereocenters. The van der Waals surface area contributed by atoms with Crippen LogP contribution in [0.4, 0.5) is 0 Å². The number of rotatable bonds is 5. The molecule has 1 aliphatic carbocycles. The summed E-state index contributed by atoms with van der Waals surface area (Å²) in [7, 11) is 0. The van der Waals surface area contributed by atoms with Gasteiger partial charge in [-0.3, -0.25) is 4.79 Å². The Kier molecular flexibility index (Phi) is 4.96. The van der Waals surface area contributed by atoms with Crippen LogP contribution in [-0.4, -0.2) is 17.6 Å². The summed E-state index contributed by atoms with van der Waals surface area (Å²) in [5, 5.41) is 16.7. The van der Waals surface area contributed by atoms with Crippen molar-refractivity contribution >= 4 is 17.2 Å². The van der Waals surface area contributed by atoms with Crippen molar-refractivity contribution in [2.45, 2.75) is 31.8 Å². The molecule has 0 radical (unpaired) electrons. The van der Waals surface area contributed by atoms with Gasteiger partial charge in [0, 0.05) is 12.5 Å². The van der Waals surface area contributed by atoms with E-state index in [1.807, 2.05) is 16.8 Å². The quantitative estimate of drug-likeness (QED) is 0.804. The highest BCUT2D eigenvalue weighted by molar-refractivity contribution is 7.07. The van der Waals surface area contributed by atoms with Crippen LogP contribution in [0.15, 0.2) is 29.0 Å². The molecule has 0 saturated carbocycles. The SMILES string of the molecule is O=C(NCCC(O)c1ccsc1)C1CC=CCC1. The molecule has 0 aromatic carbocycles. The second kappa shape index (κ2) is 6.71. The van der Waals surface area contributed by atoms with Crippen LogP contribution in [0, 0.1) is 5.92 Å². The van der Waals surface area contributed by atoms with E-state index in [9.17, 15) is 9.90 Å². The van der Waals surface area contributed by atoms with E-state index < -0.39 is 6.10 Å². The van der Waals surface area contributed by atoms with Crippen LogP contribution in [0.1, 0.15) is 37.4 Å². The number of hydrogen-bond acceptors (Lipinski definition) is 3. The fourth-order valence-corrected chi connectivity index (χ4v) is 2.85. The van der Waals surface area contributed by atoms with Crippen LogP contribution < -0.4 is 5.32 Å². The third-order valence-electron chi connectivity index (χ3n) is 3.28. The van der Waals surface area contributed by atoms with Gasteiger partial charge in [0.1, 0.15) is 0 Å². The standard InChI is InChI=1S/C14H19NO2S/c16-13(12-7-9-18-10-12)6-8-15-14(17)11-4-2-1-3-5-11/h1-2,7,9-11,13,16H,3-6,8H2,(H,15,17). The molecule has 0 saturated heterocycles. The molecular weight excluding hydrogens is 246 g/mol. The Bertz CT molecular complexity index is 400. The fourth-order valence-electron chi connectivity index (χ4n) is 2.14. The van der Waals surface area contributed by atoms with Crippen molar-refractivity contribution in [2.75, 3.05) is 6.54 Å². The molecular formula is C14H19NO2S. The molecule has 0 fully saturated rings. The van der Waals surface area contributed by atoms with Gasteiger partial charge >= 0.3 is 0 Å². The average Bonchev–Trinajstić information content (AvgIpc) is 2.93. The second-order valence-corrected chi connectivity index (χ2v) is 5.41. The van der Waals surface area contributed by atoms with Crippen molar-refractivity contribution in [1.82, 2.24) is 5.32 Å². The van der Waals surface area contributed by atoms with Crippen LogP contribution in [0.3, 0.4) is 0 Å². The maximum Gasteiger partial charge on any atom is 0.223 e. The van der Waals surface area contributed by atoms with E-state index in [2.05, 4.69) is 17.5 Å². The number of thiophene rings is 1. The van der Waals surface area contributed by atoms with Crippen LogP contribution >= 0.6 is 11.3 Å². The minimum absolute atomic E-state index is 0.119. The Morgan fingerprint density at radius 2 is 2.44 bits per heavy atom. The van der Waals surface area contributed by atoms with E-state index in [1.54, 1.807) is 11.3 Å². The number of allylic oxidation sites excluding steroid dienone is 2. The zero-order chi connectivity index (χ0) is 12.8. The summed E-state index contributed by atoms with van der Waals surface area (Å²) in [4.78, 5) is 11.8. The fraction of sp³-hybridized carbons (Fsp3) is 0.500. The maximum atomic E-state index is 11.8. The Morgan fingerprint density at radius 1 is 1.56 bits per heavy atom. The monoisotopic (exact) mass is 265 g/mol. The van der Waals surface area contributed by atoms with Gasteiger partial charge in [0.15, 0.2) is 0 Å². The van der Waals surface area contributed by atoms with Gasteiger partial charge < -0.3 is 10.4 Å². The Labute approximate surface area is 112 Å². The van der Waals surface area contributed by atoms with Crippen molar-refractivity contribution in [3.8, 4) is 0 Å². The number of carbonyl (C=O) groups excluding carboxylic acids is 1. The molecule has 1 amide bonds. The molecule has 2 rings (SSSR count). The second-order valence-electron chi connectivity index (χ2n) is 4.63. The van der Waals surface area contributed by atoms with Crippen molar-refractivity contribution in [3.05, 3.63) is 34.5 Å². The predicted molar refractivity (Wildman–Crippen MR) is 73.4 cm³/mol. The summed E-state index contributed by atoms with van der Waals surface area (Å²) < 4.78 is 0. The molecule has 1 aromatic heterocycles. The van der Waals surface area contributed by atoms with E-state index >= 15 is 0 Å². The van der Waals surface area contributed by atoms with Crippen molar-refractivity contribution in [2.24, 2.45) is 5.92 Å². The molecule has 0 aliphatic heterocycles. The van der Waals surface area contributed by atoms with Crippen LogP contribution in [-0.2, 0) is 4.79 Å². The summed E-state index contributed by atoms with van der Waals surface area (Å²) in [6.45, 7) is 0.538. The summed E-state index contributed by atoms with van der Waals surface area (Å²) in [5.41, 5.74) is 0.940. The Hall–Kier alpha value is -1.13. The summed E-state index contributed by atoms with van der Waals surface area (Å²) in [6.07, 6.45) is 7.09. The number of carbonyl (C=O) groups is 1. The lowest BCUT2D eigenvalue weighted by Crippen LogP contribution is -2.32. The van der Waals surface area contributed by atoms with Gasteiger partial charge in [-0.25, -0.2) is 0 Å². The molecule has 18 heavy (non-hydrogen) atoms. The average molecular weight is 265 g/mol. The van der Waals surface area contributed by atoms with E-state index in [0.717, 1.165) is 24.8 Å². The van der Waals surface area contributed by atoms with E-state index in [0.29, 0.717) is 13.0 Å². The first kappa shape index (κ1) is 13.3. The first-order chi connectivity index (χ1) is 8.77. The molecule has 1 heterocycles. The van der Waals surface area contributed by atoms with Gasteiger partial charge in [0.25, 0.3) is 0 Å². The highest BCUT2D eigenvalue weighted by atomic mass is 32.1. The highest BCUT2D eigenvalue weighted by Gasteiger charge is 2.18. The van der Waals surface area contributed by atoms with Crippen LogP contribution in [0.25, 0.3) is 0 Å². The molecule has 98 valence electrons. The molecule has 0 bridgehead atoms. The van der Waals surface area contributed by atoms with Crippen molar-refractivity contribution < 1.29 is 9.90 Å². The van der Waals surface area contributed by atoms with Gasteiger partial charge in [-0.15, -0.1) is 0 Å². The Balaban J connectivity index is 1.68. The zero-order valence-electron chi connectivity index (χ0n) is 10.3. The first-order valence-electron chi connectivity index (χ1n) is 6.40. The largest absolute Gasteiger partial charge is 0.388 e. The molecule has 2 atom stereocenters. The number of amides is 1. The number of nitrogens with one attached hydrogen (secondary N) is 1. The topological polar surface area (TPSA) is 49.3 Å². The smallest absolute Gasteiger partial charge is 0.223 e. The molecule has 3 nitrogen and oxygen atoms in total. The number of aliphatic hydroxyl groups excluding tert-OH is 1. The molecule has 0 spiro atoms. The minimum atomic E-state index is -0.470. The molecule has 2 N–H and O–H groups in total. The third kappa shape index (κ3) is 3.68. The molecule has 1 aromatic rings. The Morgan fingerprint density at radius 3 is 3.11 bits per heavy atom. The molecule has 4 heteroatoms. The van der Waals surface area contributed by atoms with Crippen LogP contribution in [0.2, 0.25) is 0 Å². The summed E-state index contributed by atoms with van der Waals surface area (Å²) in [5.74, 6) is 0.241. The van der Waals surface area contributed by atoms with E-state index in [1.165, 1.54) is 0 Å². The lowest BCUT2D eigenvalue weighted by molar-refractivity contribution is -0.125.